The van der Waals surface area contributed by atoms with Crippen molar-refractivity contribution in [2.75, 3.05) is 35.0 Å². The quantitative estimate of drug-likeness (QED) is 0.414. The van der Waals surface area contributed by atoms with Gasteiger partial charge in [0.1, 0.15) is 0 Å². The Bertz CT molecular complexity index is 1100. The van der Waals surface area contributed by atoms with E-state index in [0.717, 1.165) is 46.5 Å². The van der Waals surface area contributed by atoms with Crippen molar-refractivity contribution >= 4 is 10.8 Å². The van der Waals surface area contributed by atoms with E-state index in [1.807, 2.05) is 30.5 Å². The van der Waals surface area contributed by atoms with E-state index in [9.17, 15) is 0 Å². The second-order valence-electron chi connectivity index (χ2n) is 8.87. The molecule has 34 heavy (non-hydrogen) atoms. The number of hydrogen-bond donors (Lipinski definition) is 1. The number of fused-ring (bicyclic) bond motifs is 1. The molecule has 1 fully saturated rings. The monoisotopic (exact) mass is 464 g/mol. The third-order valence-corrected chi connectivity index (χ3v) is 6.91. The Morgan fingerprint density at radius 1 is 0.824 bits per heavy atom. The Morgan fingerprint density at radius 2 is 1.50 bits per heavy atom. The van der Waals surface area contributed by atoms with Gasteiger partial charge in [-0.3, -0.25) is 4.98 Å². The molecular formula is C28H36N2O4. The van der Waals surface area contributed by atoms with Crippen molar-refractivity contribution in [2.45, 2.75) is 50.5 Å². The van der Waals surface area contributed by atoms with E-state index in [1.165, 1.54) is 32.1 Å². The van der Waals surface area contributed by atoms with Crippen LogP contribution in [0.15, 0.2) is 42.6 Å². The highest BCUT2D eigenvalue weighted by Gasteiger charge is 2.22. The van der Waals surface area contributed by atoms with E-state index in [0.29, 0.717) is 17.5 Å². The predicted molar refractivity (Wildman–Crippen MR) is 136 cm³/mol. The van der Waals surface area contributed by atoms with E-state index in [4.69, 9.17) is 23.9 Å². The lowest BCUT2D eigenvalue weighted by Crippen LogP contribution is -2.32. The largest absolute Gasteiger partial charge is 0.493 e. The van der Waals surface area contributed by atoms with Crippen LogP contribution in [-0.2, 0) is 0 Å². The maximum absolute atomic E-state index is 5.62. The number of nitrogens with one attached hydrogen (secondary N) is 1. The average Bonchev–Trinajstić information content (AvgIpc) is 2.90. The van der Waals surface area contributed by atoms with Gasteiger partial charge in [0.15, 0.2) is 23.0 Å². The molecule has 0 saturated heterocycles. The fourth-order valence-electron chi connectivity index (χ4n) is 5.07. The first-order valence-electron chi connectivity index (χ1n) is 12.1. The number of nitrogens with zero attached hydrogens (tertiary/aromatic N) is 1. The average molecular weight is 465 g/mol. The predicted octanol–water partition coefficient (Wildman–Crippen LogP) is 5.71. The van der Waals surface area contributed by atoms with Gasteiger partial charge in [0.2, 0.25) is 0 Å². The molecule has 1 unspecified atom stereocenters. The fraction of sp³-hybridized carbons (Fsp3) is 0.464. The number of rotatable bonds is 10. The molecule has 0 amide bonds. The zero-order valence-electron chi connectivity index (χ0n) is 20.7. The second kappa shape index (κ2) is 11.4. The van der Waals surface area contributed by atoms with Gasteiger partial charge in [-0.1, -0.05) is 25.3 Å². The van der Waals surface area contributed by atoms with Crippen LogP contribution in [-0.4, -0.2) is 46.0 Å². The summed E-state index contributed by atoms with van der Waals surface area (Å²) in [4.78, 5) is 4.88. The Kier molecular flexibility index (Phi) is 8.12. The lowest BCUT2D eigenvalue weighted by molar-refractivity contribution is 0.353. The lowest BCUT2D eigenvalue weighted by atomic mass is 9.88. The Balaban J connectivity index is 1.73. The van der Waals surface area contributed by atoms with Crippen LogP contribution in [0.3, 0.4) is 0 Å². The highest BCUT2D eigenvalue weighted by molar-refractivity contribution is 5.88. The molecule has 1 atom stereocenters. The first kappa shape index (κ1) is 24.1. The van der Waals surface area contributed by atoms with Crippen molar-refractivity contribution in [1.29, 1.82) is 0 Å². The van der Waals surface area contributed by atoms with Crippen LogP contribution in [0.25, 0.3) is 10.8 Å². The second-order valence-corrected chi connectivity index (χ2v) is 8.87. The summed E-state index contributed by atoms with van der Waals surface area (Å²) >= 11 is 0. The lowest BCUT2D eigenvalue weighted by Gasteiger charge is -2.25. The molecule has 1 aromatic heterocycles. The highest BCUT2D eigenvalue weighted by Crippen LogP contribution is 2.39. The molecular weight excluding hydrogens is 428 g/mol. The number of pyridine rings is 1. The molecule has 3 aromatic rings. The standard InChI is InChI=1S/C28H36N2O4/c1-31-24-11-10-19(16-25(24)32-2)22(13-15-29-21-8-6-5-7-9-21)28-23-18-27(34-4)26(33-3)17-20(23)12-14-30-28/h10-12,14,16-18,21-22,29H,5-9,13,15H2,1-4H3. The third-order valence-electron chi connectivity index (χ3n) is 6.91. The molecule has 182 valence electrons. The minimum absolute atomic E-state index is 0.0812. The van der Waals surface area contributed by atoms with Crippen LogP contribution in [0.5, 0.6) is 23.0 Å². The van der Waals surface area contributed by atoms with E-state index >= 15 is 0 Å². The van der Waals surface area contributed by atoms with E-state index in [1.54, 1.807) is 28.4 Å². The molecule has 0 aliphatic heterocycles. The summed E-state index contributed by atoms with van der Waals surface area (Å²) in [5.41, 5.74) is 2.17. The van der Waals surface area contributed by atoms with Gasteiger partial charge in [-0.2, -0.15) is 0 Å². The maximum atomic E-state index is 5.62. The van der Waals surface area contributed by atoms with Crippen molar-refractivity contribution in [2.24, 2.45) is 0 Å². The first-order valence-corrected chi connectivity index (χ1v) is 12.1. The van der Waals surface area contributed by atoms with Crippen molar-refractivity contribution in [3.63, 3.8) is 0 Å². The molecule has 1 aliphatic rings. The van der Waals surface area contributed by atoms with Crippen LogP contribution < -0.4 is 24.3 Å². The molecule has 2 aromatic carbocycles. The zero-order valence-corrected chi connectivity index (χ0v) is 20.7. The number of aromatic nitrogens is 1. The normalized spacial score (nSPS) is 15.2. The van der Waals surface area contributed by atoms with Crippen LogP contribution in [0, 0.1) is 0 Å². The minimum Gasteiger partial charge on any atom is -0.493 e. The van der Waals surface area contributed by atoms with E-state index in [2.05, 4.69) is 17.4 Å². The van der Waals surface area contributed by atoms with Crippen molar-refractivity contribution in [1.82, 2.24) is 10.3 Å². The fourth-order valence-corrected chi connectivity index (χ4v) is 5.07. The molecule has 1 saturated carbocycles. The smallest absolute Gasteiger partial charge is 0.161 e. The first-order chi connectivity index (χ1) is 16.7. The van der Waals surface area contributed by atoms with Gasteiger partial charge in [-0.15, -0.1) is 0 Å². The van der Waals surface area contributed by atoms with Crippen LogP contribution in [0.2, 0.25) is 0 Å². The summed E-state index contributed by atoms with van der Waals surface area (Å²) in [6.07, 6.45) is 9.34. The molecule has 6 nitrogen and oxygen atoms in total. The molecule has 0 spiro atoms. The summed E-state index contributed by atoms with van der Waals surface area (Å²) in [5.74, 6) is 2.95. The van der Waals surface area contributed by atoms with Crippen LogP contribution in [0.1, 0.15) is 55.7 Å². The summed E-state index contributed by atoms with van der Waals surface area (Å²) in [7, 11) is 6.67. The molecule has 1 heterocycles. The van der Waals surface area contributed by atoms with E-state index < -0.39 is 0 Å². The Hall–Kier alpha value is -2.99. The Morgan fingerprint density at radius 3 is 2.21 bits per heavy atom. The summed E-state index contributed by atoms with van der Waals surface area (Å²) in [6, 6.07) is 12.9. The molecule has 1 aliphatic carbocycles. The highest BCUT2D eigenvalue weighted by atomic mass is 16.5. The summed E-state index contributed by atoms with van der Waals surface area (Å²) in [5, 5.41) is 5.95. The maximum Gasteiger partial charge on any atom is 0.161 e. The van der Waals surface area contributed by atoms with Gasteiger partial charge < -0.3 is 24.3 Å². The van der Waals surface area contributed by atoms with Crippen molar-refractivity contribution in [3.05, 3.63) is 53.9 Å². The number of hydrogen-bond acceptors (Lipinski definition) is 6. The van der Waals surface area contributed by atoms with Gasteiger partial charge in [0.05, 0.1) is 34.1 Å². The van der Waals surface area contributed by atoms with Crippen LogP contribution in [0.4, 0.5) is 0 Å². The van der Waals surface area contributed by atoms with Crippen LogP contribution >= 0.6 is 0 Å². The number of benzene rings is 2. The van der Waals surface area contributed by atoms with Gasteiger partial charge in [-0.25, -0.2) is 0 Å². The van der Waals surface area contributed by atoms with Crippen molar-refractivity contribution < 1.29 is 18.9 Å². The van der Waals surface area contributed by atoms with Gasteiger partial charge >= 0.3 is 0 Å². The van der Waals surface area contributed by atoms with Gasteiger partial charge in [-0.05, 0) is 67.1 Å². The minimum atomic E-state index is 0.0812. The SMILES string of the molecule is COc1ccc(C(CCNC2CCCCC2)c2nccc3cc(OC)c(OC)cc23)cc1OC. The van der Waals surface area contributed by atoms with Gasteiger partial charge in [0, 0.05) is 23.5 Å². The molecule has 6 heteroatoms. The van der Waals surface area contributed by atoms with E-state index in [-0.39, 0.29) is 5.92 Å². The number of methoxy groups -OCH3 is 4. The molecule has 0 bridgehead atoms. The Labute approximate surface area is 202 Å². The molecule has 4 rings (SSSR count). The number of ether oxygens (including phenoxy) is 4. The molecule has 1 N–H and O–H groups in total. The summed E-state index contributed by atoms with van der Waals surface area (Å²) < 4.78 is 22.2. The van der Waals surface area contributed by atoms with Crippen molar-refractivity contribution in [3.8, 4) is 23.0 Å². The summed E-state index contributed by atoms with van der Waals surface area (Å²) in [6.45, 7) is 0.926. The third kappa shape index (κ3) is 5.22. The molecule has 0 radical (unpaired) electrons. The van der Waals surface area contributed by atoms with Gasteiger partial charge in [0.25, 0.3) is 0 Å². The zero-order chi connectivity index (χ0) is 23.9. The topological polar surface area (TPSA) is 61.8 Å².